The maximum atomic E-state index is 13.6. The number of nitrogens with one attached hydrogen (secondary N) is 1. The molecule has 10 heteroatoms. The normalized spacial score (nSPS) is 16.6. The van der Waals surface area contributed by atoms with E-state index >= 15 is 0 Å². The second kappa shape index (κ2) is 9.59. The lowest BCUT2D eigenvalue weighted by atomic mass is 10.1. The van der Waals surface area contributed by atoms with Gasteiger partial charge in [-0.1, -0.05) is 35.9 Å². The van der Waals surface area contributed by atoms with Crippen LogP contribution in [0.2, 0.25) is 0 Å². The highest BCUT2D eigenvalue weighted by Crippen LogP contribution is 2.38. The molecule has 0 fully saturated rings. The van der Waals surface area contributed by atoms with Crippen LogP contribution < -0.4 is 14.4 Å². The number of sulfonamides is 1. The molecule has 3 aromatic rings. The maximum Gasteiger partial charge on any atom is 0.264 e. The topological polar surface area (TPSA) is 110 Å². The number of amides is 1. The molecule has 0 aromatic heterocycles. The van der Waals surface area contributed by atoms with E-state index in [0.717, 1.165) is 17.4 Å². The summed E-state index contributed by atoms with van der Waals surface area (Å²) in [6.07, 6.45) is 0.0427. The molecule has 0 spiro atoms. The number of hydrogen-bond donors (Lipinski definition) is 1. The van der Waals surface area contributed by atoms with Gasteiger partial charge in [0.15, 0.2) is 15.9 Å². The molecule has 0 bridgehead atoms. The number of anilines is 1. The van der Waals surface area contributed by atoms with Gasteiger partial charge in [0, 0.05) is 6.26 Å². The van der Waals surface area contributed by atoms with Crippen molar-refractivity contribution in [3.05, 3.63) is 83.4 Å². The van der Waals surface area contributed by atoms with Crippen molar-refractivity contribution in [3.8, 4) is 5.75 Å². The quantitative estimate of drug-likeness (QED) is 0.524. The summed E-state index contributed by atoms with van der Waals surface area (Å²) in [4.78, 5) is 13.5. The Balaban J connectivity index is 1.60. The predicted molar refractivity (Wildman–Crippen MR) is 137 cm³/mol. The molecule has 0 unspecified atom stereocenters. The minimum atomic E-state index is -3.95. The largest absolute Gasteiger partial charge is 0.476 e. The van der Waals surface area contributed by atoms with Crippen LogP contribution in [0.1, 0.15) is 29.7 Å². The van der Waals surface area contributed by atoms with Crippen molar-refractivity contribution in [1.82, 2.24) is 5.32 Å². The summed E-state index contributed by atoms with van der Waals surface area (Å²) in [5.74, 6) is -0.173. The Hall–Kier alpha value is -3.37. The third kappa shape index (κ3) is 5.24. The number of sulfone groups is 1. The Kier molecular flexibility index (Phi) is 6.85. The molecule has 1 aliphatic heterocycles. The fourth-order valence-electron chi connectivity index (χ4n) is 3.96. The fourth-order valence-corrected chi connectivity index (χ4v) is 6.06. The molecule has 4 rings (SSSR count). The highest BCUT2D eigenvalue weighted by molar-refractivity contribution is 7.92. The first-order valence-corrected chi connectivity index (χ1v) is 14.7. The highest BCUT2D eigenvalue weighted by Gasteiger charge is 2.38. The molecule has 1 aliphatic rings. The Morgan fingerprint density at radius 2 is 1.50 bits per heavy atom. The summed E-state index contributed by atoms with van der Waals surface area (Å²) >= 11 is 0. The average Bonchev–Trinajstić information content (AvgIpc) is 2.82. The van der Waals surface area contributed by atoms with E-state index in [9.17, 15) is 21.6 Å². The highest BCUT2D eigenvalue weighted by atomic mass is 32.2. The van der Waals surface area contributed by atoms with Crippen LogP contribution in [-0.4, -0.2) is 41.6 Å². The SMILES string of the molecule is Cc1ccc(S(=O)(=O)N2C[C@@H](C(=O)N[C@@H](C)c3ccc(S(C)(=O)=O)cc3)Oc3cc(C)ccc32)cc1. The molecule has 3 aromatic carbocycles. The van der Waals surface area contributed by atoms with Crippen LogP contribution in [-0.2, 0) is 24.7 Å². The third-order valence-electron chi connectivity index (χ3n) is 6.05. The number of nitrogens with zero attached hydrogens (tertiary/aromatic N) is 1. The van der Waals surface area contributed by atoms with Crippen LogP contribution in [0.3, 0.4) is 0 Å². The maximum absolute atomic E-state index is 13.6. The van der Waals surface area contributed by atoms with Crippen molar-refractivity contribution in [2.45, 2.75) is 42.7 Å². The molecule has 0 saturated heterocycles. The van der Waals surface area contributed by atoms with Crippen LogP contribution in [0.5, 0.6) is 5.75 Å². The summed E-state index contributed by atoms with van der Waals surface area (Å²) in [6.45, 7) is 5.29. The Morgan fingerprint density at radius 1 is 0.917 bits per heavy atom. The van der Waals surface area contributed by atoms with Crippen LogP contribution in [0.25, 0.3) is 0 Å². The van der Waals surface area contributed by atoms with E-state index in [0.29, 0.717) is 17.0 Å². The average molecular weight is 529 g/mol. The molecule has 1 N–H and O–H groups in total. The molecule has 0 saturated carbocycles. The summed E-state index contributed by atoms with van der Waals surface area (Å²) in [5.41, 5.74) is 2.87. The van der Waals surface area contributed by atoms with Gasteiger partial charge < -0.3 is 10.1 Å². The van der Waals surface area contributed by atoms with Gasteiger partial charge in [0.1, 0.15) is 5.75 Å². The van der Waals surface area contributed by atoms with Crippen LogP contribution in [0.4, 0.5) is 5.69 Å². The van der Waals surface area contributed by atoms with Crippen molar-refractivity contribution < 1.29 is 26.4 Å². The third-order valence-corrected chi connectivity index (χ3v) is 8.98. The van der Waals surface area contributed by atoms with E-state index in [1.165, 1.54) is 16.4 Å². The van der Waals surface area contributed by atoms with E-state index in [4.69, 9.17) is 4.74 Å². The first-order chi connectivity index (χ1) is 16.9. The van der Waals surface area contributed by atoms with Gasteiger partial charge in [-0.3, -0.25) is 9.10 Å². The van der Waals surface area contributed by atoms with Gasteiger partial charge in [-0.15, -0.1) is 0 Å². The minimum absolute atomic E-state index is 0.125. The summed E-state index contributed by atoms with van der Waals surface area (Å²) in [7, 11) is -7.29. The second-order valence-electron chi connectivity index (χ2n) is 9.00. The molecule has 0 radical (unpaired) electrons. The lowest BCUT2D eigenvalue weighted by molar-refractivity contribution is -0.128. The molecule has 1 heterocycles. The van der Waals surface area contributed by atoms with Gasteiger partial charge in [-0.25, -0.2) is 16.8 Å². The number of fused-ring (bicyclic) bond motifs is 1. The molecule has 190 valence electrons. The zero-order valence-corrected chi connectivity index (χ0v) is 22.1. The van der Waals surface area contributed by atoms with Gasteiger partial charge in [-0.05, 0) is 68.3 Å². The van der Waals surface area contributed by atoms with Crippen LogP contribution >= 0.6 is 0 Å². The van der Waals surface area contributed by atoms with E-state index in [2.05, 4.69) is 5.32 Å². The van der Waals surface area contributed by atoms with E-state index in [-0.39, 0.29) is 16.3 Å². The van der Waals surface area contributed by atoms with Gasteiger partial charge in [0.25, 0.3) is 15.9 Å². The van der Waals surface area contributed by atoms with Crippen molar-refractivity contribution >= 4 is 31.5 Å². The monoisotopic (exact) mass is 528 g/mol. The molecular formula is C26H28N2O6S2. The van der Waals surface area contributed by atoms with Crippen molar-refractivity contribution in [2.75, 3.05) is 17.1 Å². The van der Waals surface area contributed by atoms with E-state index < -0.39 is 37.9 Å². The Labute approximate surface area is 211 Å². The number of hydrogen-bond acceptors (Lipinski definition) is 6. The first kappa shape index (κ1) is 25.7. The van der Waals surface area contributed by atoms with Crippen molar-refractivity contribution in [3.63, 3.8) is 0 Å². The minimum Gasteiger partial charge on any atom is -0.476 e. The zero-order chi connectivity index (χ0) is 26.3. The lowest BCUT2D eigenvalue weighted by Crippen LogP contribution is -2.51. The number of rotatable bonds is 6. The van der Waals surface area contributed by atoms with Crippen molar-refractivity contribution in [1.29, 1.82) is 0 Å². The number of ether oxygens (including phenoxy) is 1. The van der Waals surface area contributed by atoms with Crippen molar-refractivity contribution in [2.24, 2.45) is 0 Å². The Bertz CT molecular complexity index is 1500. The van der Waals surface area contributed by atoms with Gasteiger partial charge >= 0.3 is 0 Å². The van der Waals surface area contributed by atoms with Crippen LogP contribution in [0, 0.1) is 13.8 Å². The molecule has 0 aliphatic carbocycles. The van der Waals surface area contributed by atoms with E-state index in [1.807, 2.05) is 13.8 Å². The smallest absolute Gasteiger partial charge is 0.264 e. The number of carbonyl (C=O) groups excluding carboxylic acids is 1. The lowest BCUT2D eigenvalue weighted by Gasteiger charge is -2.35. The van der Waals surface area contributed by atoms with Crippen LogP contribution in [0.15, 0.2) is 76.5 Å². The first-order valence-electron chi connectivity index (χ1n) is 11.3. The molecular weight excluding hydrogens is 500 g/mol. The number of benzene rings is 3. The van der Waals surface area contributed by atoms with Gasteiger partial charge in [0.05, 0.1) is 28.1 Å². The molecule has 1 amide bonds. The molecule has 36 heavy (non-hydrogen) atoms. The standard InChI is InChI=1S/C26H28N2O6S2/c1-17-5-10-22(11-6-17)36(32,33)28-16-25(34-24-15-18(2)7-14-23(24)28)26(29)27-19(3)20-8-12-21(13-9-20)35(4,30)31/h5-15,19,25H,16H2,1-4H3,(H,27,29)/t19-,25-/m0/s1. The molecule has 2 atom stereocenters. The number of carbonyl (C=O) groups is 1. The molecule has 8 nitrogen and oxygen atoms in total. The summed E-state index contributed by atoms with van der Waals surface area (Å²) in [5, 5.41) is 2.85. The summed E-state index contributed by atoms with van der Waals surface area (Å²) in [6, 6.07) is 17.5. The second-order valence-corrected chi connectivity index (χ2v) is 12.9. The van der Waals surface area contributed by atoms with Gasteiger partial charge in [-0.2, -0.15) is 0 Å². The summed E-state index contributed by atoms with van der Waals surface area (Å²) < 4.78 is 57.7. The number of aryl methyl sites for hydroxylation is 2. The zero-order valence-electron chi connectivity index (χ0n) is 20.4. The predicted octanol–water partition coefficient (Wildman–Crippen LogP) is 3.54. The van der Waals surface area contributed by atoms with E-state index in [1.54, 1.807) is 61.5 Å². The Morgan fingerprint density at radius 3 is 2.11 bits per heavy atom. The van der Waals surface area contributed by atoms with Gasteiger partial charge in [0.2, 0.25) is 0 Å². The fraction of sp³-hybridized carbons (Fsp3) is 0.269.